The molecule has 64 valence electrons. The normalized spacial score (nSPS) is 43.6. The van der Waals surface area contributed by atoms with E-state index in [0.29, 0.717) is 13.0 Å². The molecule has 2 nitrogen and oxygen atoms in total. The predicted molar refractivity (Wildman–Crippen MR) is 40.3 cm³/mol. The van der Waals surface area contributed by atoms with Gasteiger partial charge < -0.3 is 4.74 Å². The van der Waals surface area contributed by atoms with Gasteiger partial charge in [-0.15, -0.1) is 0 Å². The Bertz CT molecular complexity index is 156. The van der Waals surface area contributed by atoms with Crippen molar-refractivity contribution >= 4 is 0 Å². The fourth-order valence-corrected chi connectivity index (χ4v) is 2.29. The monoisotopic (exact) mass is 159 g/mol. The van der Waals surface area contributed by atoms with Gasteiger partial charge in [-0.05, 0) is 12.8 Å². The van der Waals surface area contributed by atoms with Crippen LogP contribution in [0.1, 0.15) is 12.8 Å². The van der Waals surface area contributed by atoms with Crippen molar-refractivity contribution in [2.24, 2.45) is 0 Å². The second-order valence-electron chi connectivity index (χ2n) is 3.53. The van der Waals surface area contributed by atoms with Crippen LogP contribution in [0.5, 0.6) is 0 Å². The third-order valence-corrected chi connectivity index (χ3v) is 3.07. The predicted octanol–water partition coefficient (Wildman–Crippen LogP) is 0.819. The Morgan fingerprint density at radius 2 is 2.45 bits per heavy atom. The number of halogens is 1. The minimum atomic E-state index is -0.656. The van der Waals surface area contributed by atoms with Gasteiger partial charge in [0, 0.05) is 20.2 Å². The molecule has 2 fully saturated rings. The van der Waals surface area contributed by atoms with E-state index in [1.54, 1.807) is 7.11 Å². The van der Waals surface area contributed by atoms with Crippen molar-refractivity contribution < 1.29 is 9.13 Å². The van der Waals surface area contributed by atoms with Gasteiger partial charge in [0.25, 0.3) is 0 Å². The summed E-state index contributed by atoms with van der Waals surface area (Å²) in [5.74, 6) is 0. The number of hydrogen-bond acceptors (Lipinski definition) is 2. The summed E-state index contributed by atoms with van der Waals surface area (Å²) < 4.78 is 18.4. The van der Waals surface area contributed by atoms with Crippen LogP contribution >= 0.6 is 0 Å². The lowest BCUT2D eigenvalue weighted by Crippen LogP contribution is -2.62. The maximum absolute atomic E-state index is 13.3. The van der Waals surface area contributed by atoms with Crippen LogP contribution in [0.25, 0.3) is 0 Å². The van der Waals surface area contributed by atoms with E-state index in [4.69, 9.17) is 4.74 Å². The van der Waals surface area contributed by atoms with Gasteiger partial charge in [0.1, 0.15) is 6.17 Å². The van der Waals surface area contributed by atoms with Crippen LogP contribution in [-0.4, -0.2) is 43.4 Å². The van der Waals surface area contributed by atoms with Gasteiger partial charge >= 0.3 is 0 Å². The molecule has 2 heterocycles. The van der Waals surface area contributed by atoms with E-state index in [9.17, 15) is 4.39 Å². The third kappa shape index (κ3) is 0.842. The SMILES string of the molecule is COC[C@@]12CCN1CC[C@H]2F. The molecule has 2 atom stereocenters. The second-order valence-corrected chi connectivity index (χ2v) is 3.53. The molecule has 0 aromatic heterocycles. The summed E-state index contributed by atoms with van der Waals surface area (Å²) in [4.78, 5) is 2.21. The fourth-order valence-electron chi connectivity index (χ4n) is 2.29. The van der Waals surface area contributed by atoms with Gasteiger partial charge in [-0.25, -0.2) is 4.39 Å². The standard InChI is InChI=1S/C8H14FNO/c1-11-6-8-3-5-10(8)4-2-7(8)9/h7H,2-6H2,1H3/t7-,8-/m1/s1. The molecule has 3 heteroatoms. The van der Waals surface area contributed by atoms with Crippen molar-refractivity contribution in [3.8, 4) is 0 Å². The zero-order chi connectivity index (χ0) is 7.90. The summed E-state index contributed by atoms with van der Waals surface area (Å²) in [6, 6.07) is 0. The van der Waals surface area contributed by atoms with Crippen LogP contribution in [0, 0.1) is 0 Å². The highest BCUT2D eigenvalue weighted by Crippen LogP contribution is 2.42. The van der Waals surface area contributed by atoms with E-state index in [1.807, 2.05) is 0 Å². The van der Waals surface area contributed by atoms with Crippen molar-refractivity contribution in [3.63, 3.8) is 0 Å². The number of hydrogen-bond donors (Lipinski definition) is 0. The molecule has 0 amide bonds. The Kier molecular flexibility index (Phi) is 1.65. The molecule has 2 aliphatic rings. The number of nitrogens with zero attached hydrogens (tertiary/aromatic N) is 1. The molecule has 0 N–H and O–H groups in total. The third-order valence-electron chi connectivity index (χ3n) is 3.07. The summed E-state index contributed by atoms with van der Waals surface area (Å²) >= 11 is 0. The molecule has 0 unspecified atom stereocenters. The van der Waals surface area contributed by atoms with E-state index in [2.05, 4.69) is 4.90 Å². The summed E-state index contributed by atoms with van der Waals surface area (Å²) in [7, 11) is 1.65. The quantitative estimate of drug-likeness (QED) is 0.591. The number of alkyl halides is 1. The molecule has 0 radical (unpaired) electrons. The molecular formula is C8H14FNO. The molecule has 0 spiro atoms. The molecule has 0 aliphatic carbocycles. The van der Waals surface area contributed by atoms with Crippen LogP contribution in [0.2, 0.25) is 0 Å². The van der Waals surface area contributed by atoms with Crippen molar-refractivity contribution in [2.45, 2.75) is 24.6 Å². The Hall–Kier alpha value is -0.150. The van der Waals surface area contributed by atoms with Crippen molar-refractivity contribution in [3.05, 3.63) is 0 Å². The first-order valence-electron chi connectivity index (χ1n) is 4.18. The summed E-state index contributed by atoms with van der Waals surface area (Å²) in [5, 5.41) is 0. The molecule has 0 aromatic rings. The van der Waals surface area contributed by atoms with Gasteiger partial charge in [-0.3, -0.25) is 4.90 Å². The first-order chi connectivity index (χ1) is 5.29. The Morgan fingerprint density at radius 1 is 1.64 bits per heavy atom. The number of methoxy groups -OCH3 is 1. The molecule has 0 saturated carbocycles. The molecule has 2 aliphatic heterocycles. The zero-order valence-corrected chi connectivity index (χ0v) is 6.85. The summed E-state index contributed by atoms with van der Waals surface area (Å²) in [6.45, 7) is 2.54. The highest BCUT2D eigenvalue weighted by Gasteiger charge is 2.55. The van der Waals surface area contributed by atoms with Crippen molar-refractivity contribution in [1.82, 2.24) is 4.90 Å². The molecule has 0 bridgehead atoms. The molecule has 0 aromatic carbocycles. The highest BCUT2D eigenvalue weighted by molar-refractivity contribution is 5.09. The summed E-state index contributed by atoms with van der Waals surface area (Å²) in [5.41, 5.74) is -0.214. The summed E-state index contributed by atoms with van der Waals surface area (Å²) in [6.07, 6.45) is 1.02. The molecule has 2 rings (SSSR count). The number of fused-ring (bicyclic) bond motifs is 1. The maximum Gasteiger partial charge on any atom is 0.122 e. The lowest BCUT2D eigenvalue weighted by atomic mass is 9.84. The smallest absolute Gasteiger partial charge is 0.122 e. The second kappa shape index (κ2) is 2.42. The van der Waals surface area contributed by atoms with Crippen LogP contribution in [0.15, 0.2) is 0 Å². The minimum Gasteiger partial charge on any atom is -0.383 e. The van der Waals surface area contributed by atoms with Gasteiger partial charge in [0.15, 0.2) is 0 Å². The average Bonchev–Trinajstić information content (AvgIpc) is 2.14. The first-order valence-corrected chi connectivity index (χ1v) is 4.18. The average molecular weight is 159 g/mol. The largest absolute Gasteiger partial charge is 0.383 e. The molecule has 2 saturated heterocycles. The van der Waals surface area contributed by atoms with Crippen LogP contribution < -0.4 is 0 Å². The zero-order valence-electron chi connectivity index (χ0n) is 6.85. The lowest BCUT2D eigenvalue weighted by Gasteiger charge is -2.48. The van der Waals surface area contributed by atoms with Gasteiger partial charge in [0.05, 0.1) is 12.1 Å². The lowest BCUT2D eigenvalue weighted by molar-refractivity contribution is -0.0659. The molecule has 11 heavy (non-hydrogen) atoms. The maximum atomic E-state index is 13.3. The van der Waals surface area contributed by atoms with Crippen molar-refractivity contribution in [2.75, 3.05) is 26.8 Å². The van der Waals surface area contributed by atoms with Crippen LogP contribution in [0.4, 0.5) is 4.39 Å². The topological polar surface area (TPSA) is 12.5 Å². The minimum absolute atomic E-state index is 0.214. The van der Waals surface area contributed by atoms with Crippen LogP contribution in [-0.2, 0) is 4.74 Å². The van der Waals surface area contributed by atoms with Gasteiger partial charge in [-0.2, -0.15) is 0 Å². The molecular weight excluding hydrogens is 145 g/mol. The Labute approximate surface area is 66.3 Å². The van der Waals surface area contributed by atoms with Crippen LogP contribution in [0.3, 0.4) is 0 Å². The first kappa shape index (κ1) is 7.50. The fraction of sp³-hybridized carbons (Fsp3) is 1.00. The van der Waals surface area contributed by atoms with Crippen molar-refractivity contribution in [1.29, 1.82) is 0 Å². The number of rotatable bonds is 2. The number of ether oxygens (including phenoxy) is 1. The Morgan fingerprint density at radius 3 is 2.91 bits per heavy atom. The van der Waals surface area contributed by atoms with E-state index in [-0.39, 0.29) is 5.54 Å². The van der Waals surface area contributed by atoms with E-state index < -0.39 is 6.17 Å². The van der Waals surface area contributed by atoms with E-state index >= 15 is 0 Å². The van der Waals surface area contributed by atoms with E-state index in [0.717, 1.165) is 19.5 Å². The van der Waals surface area contributed by atoms with Gasteiger partial charge in [0.2, 0.25) is 0 Å². The van der Waals surface area contributed by atoms with Gasteiger partial charge in [-0.1, -0.05) is 0 Å². The van der Waals surface area contributed by atoms with E-state index in [1.165, 1.54) is 0 Å². The highest BCUT2D eigenvalue weighted by atomic mass is 19.1. The Balaban J connectivity index is 2.08.